The smallest absolute Gasteiger partial charge is 0.357 e. The van der Waals surface area contributed by atoms with Crippen LogP contribution >= 0.6 is 0 Å². The van der Waals surface area contributed by atoms with Crippen LogP contribution in [0.1, 0.15) is 29.7 Å². The van der Waals surface area contributed by atoms with Gasteiger partial charge in [-0.1, -0.05) is 0 Å². The molecule has 1 saturated heterocycles. The Balaban J connectivity index is 2.34. The van der Waals surface area contributed by atoms with Crippen molar-refractivity contribution in [2.24, 2.45) is 0 Å². The molecule has 0 amide bonds. The molecule has 2 rings (SSSR count). The largest absolute Gasteiger partial charge is 0.476 e. The van der Waals surface area contributed by atoms with Crippen molar-refractivity contribution in [3.05, 3.63) is 17.8 Å². The molecule has 1 atom stereocenters. The van der Waals surface area contributed by atoms with E-state index in [2.05, 4.69) is 4.98 Å². The number of aromatic nitrogens is 1. The normalized spacial score (nSPS) is 28.1. The first kappa shape index (κ1) is 11.1. The van der Waals surface area contributed by atoms with Crippen molar-refractivity contribution in [3.63, 3.8) is 0 Å². The average molecular weight is 245 g/mol. The fourth-order valence-corrected chi connectivity index (χ4v) is 3.97. The summed E-state index contributed by atoms with van der Waals surface area (Å²) < 4.78 is 27.8. The van der Waals surface area contributed by atoms with Crippen molar-refractivity contribution in [3.8, 4) is 0 Å². The Morgan fingerprint density at radius 3 is 2.75 bits per heavy atom. The molecule has 88 valence electrons. The zero-order valence-electron chi connectivity index (χ0n) is 8.63. The molecule has 0 bridgehead atoms. The van der Waals surface area contributed by atoms with Gasteiger partial charge in [-0.25, -0.2) is 18.2 Å². The van der Waals surface area contributed by atoms with E-state index in [1.54, 1.807) is 6.92 Å². The first-order valence-corrected chi connectivity index (χ1v) is 6.54. The Kier molecular flexibility index (Phi) is 2.30. The fraction of sp³-hybridized carbons (Fsp3) is 0.556. The van der Waals surface area contributed by atoms with Crippen molar-refractivity contribution < 1.29 is 22.7 Å². The van der Waals surface area contributed by atoms with Crippen LogP contribution in [0.3, 0.4) is 0 Å². The summed E-state index contributed by atoms with van der Waals surface area (Å²) in [5.41, 5.74) is -0.896. The monoisotopic (exact) mass is 245 g/mol. The number of oxazole rings is 1. The second-order valence-electron chi connectivity index (χ2n) is 4.25. The predicted molar refractivity (Wildman–Crippen MR) is 54.1 cm³/mol. The molecule has 0 aromatic carbocycles. The Morgan fingerprint density at radius 2 is 2.31 bits per heavy atom. The zero-order chi connectivity index (χ0) is 12.0. The average Bonchev–Trinajstić information content (AvgIpc) is 2.71. The van der Waals surface area contributed by atoms with Crippen molar-refractivity contribution in [1.82, 2.24) is 4.98 Å². The molecule has 1 aliphatic heterocycles. The van der Waals surface area contributed by atoms with Gasteiger partial charge >= 0.3 is 5.97 Å². The minimum Gasteiger partial charge on any atom is -0.476 e. The topological polar surface area (TPSA) is 97.5 Å². The van der Waals surface area contributed by atoms with Gasteiger partial charge in [-0.05, 0) is 13.3 Å². The van der Waals surface area contributed by atoms with Gasteiger partial charge in [0.25, 0.3) is 0 Å². The molecule has 0 spiro atoms. The molecule has 1 aromatic rings. The second kappa shape index (κ2) is 3.31. The van der Waals surface area contributed by atoms with E-state index >= 15 is 0 Å². The van der Waals surface area contributed by atoms with Crippen LogP contribution in [0.15, 0.2) is 10.7 Å². The number of carboxylic acid groups (broad SMARTS) is 1. The minimum atomic E-state index is -3.06. The maximum atomic E-state index is 11.4. The zero-order valence-corrected chi connectivity index (χ0v) is 9.45. The minimum absolute atomic E-state index is 0.0421. The molecule has 0 aliphatic carbocycles. The molecule has 1 N–H and O–H groups in total. The highest BCUT2D eigenvalue weighted by Gasteiger charge is 2.43. The second-order valence-corrected chi connectivity index (χ2v) is 6.43. The molecular formula is C9H11NO5S. The molecule has 6 nitrogen and oxygen atoms in total. The van der Waals surface area contributed by atoms with Gasteiger partial charge in [-0.15, -0.1) is 0 Å². The number of carbonyl (C=O) groups is 1. The molecule has 0 saturated carbocycles. The summed E-state index contributed by atoms with van der Waals surface area (Å²) in [5, 5.41) is 8.69. The third kappa shape index (κ3) is 1.82. The maximum Gasteiger partial charge on any atom is 0.357 e. The Hall–Kier alpha value is -1.37. The lowest BCUT2D eigenvalue weighted by atomic mass is 9.90. The van der Waals surface area contributed by atoms with Crippen LogP contribution < -0.4 is 0 Å². The molecule has 1 aliphatic rings. The standard InChI is InChI=1S/C9H11NO5S/c1-9(2-3-16(13,14)5-9)8-10-6(4-15-8)7(11)12/h4H,2-3,5H2,1H3,(H,11,12). The maximum absolute atomic E-state index is 11.4. The Labute approximate surface area is 92.2 Å². The van der Waals surface area contributed by atoms with Crippen LogP contribution in [-0.2, 0) is 15.3 Å². The van der Waals surface area contributed by atoms with Gasteiger partial charge in [0.2, 0.25) is 5.89 Å². The highest BCUT2D eigenvalue weighted by Crippen LogP contribution is 2.34. The number of rotatable bonds is 2. The number of aromatic carboxylic acids is 1. The molecule has 16 heavy (non-hydrogen) atoms. The summed E-state index contributed by atoms with van der Waals surface area (Å²) in [5.74, 6) is -0.946. The molecule has 1 aromatic heterocycles. The lowest BCUT2D eigenvalue weighted by Gasteiger charge is -2.16. The van der Waals surface area contributed by atoms with Crippen LogP contribution in [0.5, 0.6) is 0 Å². The van der Waals surface area contributed by atoms with E-state index < -0.39 is 21.2 Å². The van der Waals surface area contributed by atoms with Crippen LogP contribution in [0.2, 0.25) is 0 Å². The predicted octanol–water partition coefficient (Wildman–Crippen LogP) is 0.449. The van der Waals surface area contributed by atoms with Crippen molar-refractivity contribution in [2.75, 3.05) is 11.5 Å². The SMILES string of the molecule is CC1(c2nc(C(=O)O)co2)CCS(=O)(=O)C1. The number of hydrogen-bond acceptors (Lipinski definition) is 5. The molecule has 1 unspecified atom stereocenters. The van der Waals surface area contributed by atoms with Crippen LogP contribution in [0.4, 0.5) is 0 Å². The van der Waals surface area contributed by atoms with E-state index in [9.17, 15) is 13.2 Å². The number of sulfone groups is 1. The van der Waals surface area contributed by atoms with Gasteiger partial charge in [0.05, 0.1) is 16.9 Å². The van der Waals surface area contributed by atoms with Gasteiger partial charge in [0.1, 0.15) is 6.26 Å². The summed E-state index contributed by atoms with van der Waals surface area (Å²) in [7, 11) is -3.06. The van der Waals surface area contributed by atoms with Crippen LogP contribution in [-0.4, -0.2) is 36.0 Å². The third-order valence-electron chi connectivity index (χ3n) is 2.74. The van der Waals surface area contributed by atoms with E-state index in [1.165, 1.54) is 0 Å². The molecular weight excluding hydrogens is 234 g/mol. The van der Waals surface area contributed by atoms with Crippen LogP contribution in [0.25, 0.3) is 0 Å². The van der Waals surface area contributed by atoms with Crippen LogP contribution in [0, 0.1) is 0 Å². The summed E-state index contributed by atoms with van der Waals surface area (Å²) >= 11 is 0. The highest BCUT2D eigenvalue weighted by molar-refractivity contribution is 7.91. The summed E-state index contributed by atoms with van der Waals surface area (Å²) in [6.07, 6.45) is 1.45. The van der Waals surface area contributed by atoms with Crippen molar-refractivity contribution >= 4 is 15.8 Å². The van der Waals surface area contributed by atoms with Crippen molar-refractivity contribution in [1.29, 1.82) is 0 Å². The van der Waals surface area contributed by atoms with Gasteiger partial charge in [0.15, 0.2) is 15.5 Å². The number of carboxylic acids is 1. The number of hydrogen-bond donors (Lipinski definition) is 1. The highest BCUT2D eigenvalue weighted by atomic mass is 32.2. The lowest BCUT2D eigenvalue weighted by Crippen LogP contribution is -2.23. The van der Waals surface area contributed by atoms with E-state index in [0.29, 0.717) is 6.42 Å². The quantitative estimate of drug-likeness (QED) is 0.812. The lowest BCUT2D eigenvalue weighted by molar-refractivity contribution is 0.0690. The van der Waals surface area contributed by atoms with E-state index in [0.717, 1.165) is 6.26 Å². The number of nitrogens with zero attached hydrogens (tertiary/aromatic N) is 1. The first-order valence-electron chi connectivity index (χ1n) is 4.72. The Bertz CT molecular complexity index is 532. The van der Waals surface area contributed by atoms with Gasteiger partial charge in [-0.2, -0.15) is 0 Å². The van der Waals surface area contributed by atoms with E-state index in [4.69, 9.17) is 9.52 Å². The van der Waals surface area contributed by atoms with E-state index in [-0.39, 0.29) is 23.1 Å². The summed E-state index contributed by atoms with van der Waals surface area (Å²) in [4.78, 5) is 14.4. The first-order chi connectivity index (χ1) is 7.32. The molecule has 1 fully saturated rings. The summed E-state index contributed by atoms with van der Waals surface area (Å²) in [6, 6.07) is 0. The molecule has 0 radical (unpaired) electrons. The molecule has 2 heterocycles. The molecule has 7 heteroatoms. The fourth-order valence-electron chi connectivity index (χ4n) is 1.83. The van der Waals surface area contributed by atoms with Crippen molar-refractivity contribution in [2.45, 2.75) is 18.8 Å². The summed E-state index contributed by atoms with van der Waals surface area (Å²) in [6.45, 7) is 1.72. The Morgan fingerprint density at radius 1 is 1.62 bits per heavy atom. The van der Waals surface area contributed by atoms with Gasteiger partial charge in [-0.3, -0.25) is 0 Å². The van der Waals surface area contributed by atoms with Gasteiger partial charge in [0, 0.05) is 0 Å². The third-order valence-corrected chi connectivity index (χ3v) is 4.65. The van der Waals surface area contributed by atoms with E-state index in [1.807, 2.05) is 0 Å². The van der Waals surface area contributed by atoms with Gasteiger partial charge < -0.3 is 9.52 Å².